The van der Waals surface area contributed by atoms with Crippen LogP contribution in [0.1, 0.15) is 11.1 Å². The number of rotatable bonds is 4. The van der Waals surface area contributed by atoms with E-state index in [1.54, 1.807) is 0 Å². The maximum Gasteiger partial charge on any atom is 0.300 e. The second kappa shape index (κ2) is 6.78. The lowest BCUT2D eigenvalue weighted by atomic mass is 10.0. The summed E-state index contributed by atoms with van der Waals surface area (Å²) in [5.74, 6) is -12.3. The van der Waals surface area contributed by atoms with Crippen LogP contribution in [-0.4, -0.2) is 25.9 Å². The molecule has 0 aliphatic rings. The molecule has 27 heavy (non-hydrogen) atoms. The molecule has 0 aromatic heterocycles. The minimum absolute atomic E-state index is 0.204. The quantitative estimate of drug-likeness (QED) is 0.564. The smallest absolute Gasteiger partial charge is 0.282 e. The molecule has 0 heterocycles. The zero-order valence-corrected chi connectivity index (χ0v) is 14.1. The van der Waals surface area contributed by atoms with Crippen LogP contribution in [0.25, 0.3) is 0 Å². The molecule has 0 aliphatic carbocycles. The monoisotopic (exact) mass is 436 g/mol. The fourth-order valence-corrected chi connectivity index (χ4v) is 3.51. The fourth-order valence-electron chi connectivity index (χ4n) is 2.20. The van der Waals surface area contributed by atoms with Crippen LogP contribution in [0.15, 0.2) is 21.9 Å². The van der Waals surface area contributed by atoms with Gasteiger partial charge in [0.25, 0.3) is 20.2 Å². The number of halogens is 6. The molecule has 0 spiro atoms. The summed E-state index contributed by atoms with van der Waals surface area (Å²) in [7, 11) is -11.1. The normalized spacial score (nSPS) is 12.4. The molecule has 0 saturated heterocycles. The van der Waals surface area contributed by atoms with Gasteiger partial charge in [0.05, 0.1) is 0 Å². The van der Waals surface area contributed by atoms with E-state index in [0.29, 0.717) is 0 Å². The van der Waals surface area contributed by atoms with Gasteiger partial charge in [0.2, 0.25) is 0 Å². The highest BCUT2D eigenvalue weighted by Gasteiger charge is 2.31. The lowest BCUT2D eigenvalue weighted by Crippen LogP contribution is -2.13. The van der Waals surface area contributed by atoms with E-state index in [1.807, 2.05) is 0 Å². The Kier molecular flexibility index (Phi) is 5.31. The third-order valence-electron chi connectivity index (χ3n) is 3.32. The van der Waals surface area contributed by atoms with E-state index in [1.165, 1.54) is 0 Å². The van der Waals surface area contributed by atoms with Gasteiger partial charge in [0.1, 0.15) is 23.3 Å². The van der Waals surface area contributed by atoms with Crippen LogP contribution in [0.3, 0.4) is 0 Å². The van der Waals surface area contributed by atoms with Gasteiger partial charge in [0, 0.05) is 29.7 Å². The van der Waals surface area contributed by atoms with E-state index < -0.39 is 82.5 Å². The van der Waals surface area contributed by atoms with E-state index >= 15 is 0 Å². The lowest BCUT2D eigenvalue weighted by molar-refractivity contribution is 0.442. The Bertz CT molecular complexity index is 1070. The van der Waals surface area contributed by atoms with Crippen molar-refractivity contribution in [3.8, 4) is 0 Å². The second-order valence-electron chi connectivity index (χ2n) is 5.05. The van der Waals surface area contributed by atoms with E-state index in [4.69, 9.17) is 9.11 Å². The molecule has 0 bridgehead atoms. The summed E-state index contributed by atoms with van der Waals surface area (Å²) in [5.41, 5.74) is -2.95. The van der Waals surface area contributed by atoms with Gasteiger partial charge < -0.3 is 0 Å². The van der Waals surface area contributed by atoms with Crippen LogP contribution in [0.2, 0.25) is 0 Å². The van der Waals surface area contributed by atoms with Gasteiger partial charge >= 0.3 is 0 Å². The molecule has 0 radical (unpaired) electrons. The van der Waals surface area contributed by atoms with Crippen LogP contribution in [0, 0.1) is 34.9 Å². The Morgan fingerprint density at radius 3 is 1.19 bits per heavy atom. The van der Waals surface area contributed by atoms with Gasteiger partial charge in [-0.05, 0) is 0 Å². The molecule has 0 atom stereocenters. The van der Waals surface area contributed by atoms with E-state index in [0.717, 1.165) is 0 Å². The zero-order chi connectivity index (χ0) is 20.9. The summed E-state index contributed by atoms with van der Waals surface area (Å²) in [6, 6.07) is -0.408. The molecule has 148 valence electrons. The fraction of sp³-hybridized carbons (Fsp3) is 0.0769. The average molecular weight is 436 g/mol. The van der Waals surface area contributed by atoms with Crippen molar-refractivity contribution in [1.82, 2.24) is 0 Å². The molecular weight excluding hydrogens is 430 g/mol. The molecule has 0 aliphatic heterocycles. The maximum absolute atomic E-state index is 14.1. The Balaban J connectivity index is 2.80. The highest BCUT2D eigenvalue weighted by atomic mass is 32.2. The summed E-state index contributed by atoms with van der Waals surface area (Å²) in [6.07, 6.45) is -1.55. The lowest BCUT2D eigenvalue weighted by Gasteiger charge is -2.12. The molecule has 2 rings (SSSR count). The molecule has 2 N–H and O–H groups in total. The minimum Gasteiger partial charge on any atom is -0.282 e. The van der Waals surface area contributed by atoms with Gasteiger partial charge in [-0.15, -0.1) is 0 Å². The second-order valence-corrected chi connectivity index (χ2v) is 7.77. The largest absolute Gasteiger partial charge is 0.300 e. The Hall–Kier alpha value is -2.16. The Labute approximate surface area is 147 Å². The SMILES string of the molecule is O=S(=O)(O)c1c(F)cc(F)c(Cc2c(F)cc(F)c(S(=O)(=O)O)c2F)c1F. The highest BCUT2D eigenvalue weighted by Crippen LogP contribution is 2.30. The molecule has 0 amide bonds. The Morgan fingerprint density at radius 2 is 0.926 bits per heavy atom. The van der Waals surface area contributed by atoms with Gasteiger partial charge in [-0.1, -0.05) is 0 Å². The van der Waals surface area contributed by atoms with Crippen LogP contribution in [-0.2, 0) is 26.7 Å². The van der Waals surface area contributed by atoms with Crippen molar-refractivity contribution in [2.24, 2.45) is 0 Å². The predicted octanol–water partition coefficient (Wildman–Crippen LogP) is 2.61. The topological polar surface area (TPSA) is 109 Å². The number of hydrogen-bond donors (Lipinski definition) is 2. The minimum atomic E-state index is -5.55. The van der Waals surface area contributed by atoms with Crippen molar-refractivity contribution in [2.45, 2.75) is 16.2 Å². The summed E-state index contributed by atoms with van der Waals surface area (Å²) >= 11 is 0. The molecular formula is C13H6F6O6S2. The van der Waals surface area contributed by atoms with Crippen LogP contribution in [0.5, 0.6) is 0 Å². The third-order valence-corrected chi connectivity index (χ3v) is 5.10. The van der Waals surface area contributed by atoms with Crippen molar-refractivity contribution in [2.75, 3.05) is 0 Å². The average Bonchev–Trinajstić information content (AvgIpc) is 2.41. The Morgan fingerprint density at radius 1 is 0.630 bits per heavy atom. The summed E-state index contributed by atoms with van der Waals surface area (Å²) in [5, 5.41) is 0. The van der Waals surface area contributed by atoms with Crippen LogP contribution in [0.4, 0.5) is 26.3 Å². The molecule has 14 heteroatoms. The van der Waals surface area contributed by atoms with E-state index in [9.17, 15) is 43.2 Å². The first kappa shape index (κ1) is 21.1. The first-order valence-corrected chi connectivity index (χ1v) is 9.32. The predicted molar refractivity (Wildman–Crippen MR) is 75.1 cm³/mol. The summed E-state index contributed by atoms with van der Waals surface area (Å²) in [4.78, 5) is -4.03. The van der Waals surface area contributed by atoms with Gasteiger partial charge in [-0.2, -0.15) is 16.8 Å². The first-order chi connectivity index (χ1) is 12.2. The molecule has 2 aromatic rings. The van der Waals surface area contributed by atoms with Crippen LogP contribution < -0.4 is 0 Å². The summed E-state index contributed by atoms with van der Waals surface area (Å²) < 4.78 is 144. The van der Waals surface area contributed by atoms with Crippen molar-refractivity contribution in [1.29, 1.82) is 0 Å². The number of hydrogen-bond acceptors (Lipinski definition) is 4. The van der Waals surface area contributed by atoms with E-state index in [2.05, 4.69) is 0 Å². The zero-order valence-electron chi connectivity index (χ0n) is 12.5. The third kappa shape index (κ3) is 3.92. The highest BCUT2D eigenvalue weighted by molar-refractivity contribution is 7.86. The standard InChI is InChI=1S/C13H6F6O6S2/c14-6-2-8(16)12(26(20,21)22)10(18)4(6)1-5-7(15)3-9(17)13(11(5)19)27(23,24)25/h2-3H,1H2,(H,20,21,22)(H,23,24,25). The van der Waals surface area contributed by atoms with E-state index in [-0.39, 0.29) is 12.1 Å². The first-order valence-electron chi connectivity index (χ1n) is 6.44. The summed E-state index contributed by atoms with van der Waals surface area (Å²) in [6.45, 7) is 0. The molecule has 2 aromatic carbocycles. The molecule has 0 fully saturated rings. The molecule has 0 unspecified atom stereocenters. The van der Waals surface area contributed by atoms with Crippen LogP contribution >= 0.6 is 0 Å². The molecule has 6 nitrogen and oxygen atoms in total. The van der Waals surface area contributed by atoms with Crippen molar-refractivity contribution >= 4 is 20.2 Å². The maximum atomic E-state index is 14.1. The van der Waals surface area contributed by atoms with Crippen molar-refractivity contribution < 1.29 is 52.3 Å². The van der Waals surface area contributed by atoms with Gasteiger partial charge in [-0.25, -0.2) is 26.3 Å². The van der Waals surface area contributed by atoms with Gasteiger partial charge in [0.15, 0.2) is 21.4 Å². The van der Waals surface area contributed by atoms with Crippen molar-refractivity contribution in [3.05, 3.63) is 58.2 Å². The number of benzene rings is 2. The molecule has 0 saturated carbocycles. The van der Waals surface area contributed by atoms with Gasteiger partial charge in [-0.3, -0.25) is 9.11 Å². The van der Waals surface area contributed by atoms with Crippen molar-refractivity contribution in [3.63, 3.8) is 0 Å².